The lowest BCUT2D eigenvalue weighted by Gasteiger charge is -2.10. The second kappa shape index (κ2) is 14.1. The van der Waals surface area contributed by atoms with Crippen LogP contribution in [-0.2, 0) is 11.3 Å². The van der Waals surface area contributed by atoms with E-state index in [1.54, 1.807) is 0 Å². The molecule has 0 saturated carbocycles. The van der Waals surface area contributed by atoms with Crippen molar-refractivity contribution < 1.29 is 4.74 Å². The quantitative estimate of drug-likeness (QED) is 0.263. The van der Waals surface area contributed by atoms with Crippen LogP contribution in [0.1, 0.15) is 90.5 Å². The zero-order chi connectivity index (χ0) is 18.2. The molecule has 0 heterocycles. The van der Waals surface area contributed by atoms with Gasteiger partial charge in [-0.25, -0.2) is 0 Å². The Kier molecular flexibility index (Phi) is 12.3. The molecule has 0 spiro atoms. The van der Waals surface area contributed by atoms with Crippen molar-refractivity contribution >= 4 is 6.21 Å². The van der Waals surface area contributed by atoms with Crippen LogP contribution in [-0.4, -0.2) is 18.4 Å². The first-order chi connectivity index (χ1) is 12.1. The highest BCUT2D eigenvalue weighted by Crippen LogP contribution is 2.11. The minimum Gasteiger partial charge on any atom is -0.377 e. The predicted molar refractivity (Wildman–Crippen MR) is 111 cm³/mol. The van der Waals surface area contributed by atoms with Gasteiger partial charge in [0.2, 0.25) is 0 Å². The molecule has 0 amide bonds. The Morgan fingerprint density at radius 2 is 1.36 bits per heavy atom. The number of nitrogens with zero attached hydrogens (tertiary/aromatic N) is 1. The maximum atomic E-state index is 5.72. The smallest absolute Gasteiger partial charge is 0.0716 e. The molecule has 1 rings (SSSR count). The van der Waals surface area contributed by atoms with Gasteiger partial charge in [0.25, 0.3) is 0 Å². The lowest BCUT2D eigenvalue weighted by molar-refractivity contribution is 0.116. The van der Waals surface area contributed by atoms with Crippen LogP contribution in [0.3, 0.4) is 0 Å². The van der Waals surface area contributed by atoms with E-state index >= 15 is 0 Å². The first kappa shape index (κ1) is 21.9. The molecule has 0 atom stereocenters. The Balaban J connectivity index is 1.77. The number of hydrogen-bond acceptors (Lipinski definition) is 2. The van der Waals surface area contributed by atoms with Gasteiger partial charge in [-0.1, -0.05) is 75.3 Å². The standard InChI is InChI=1S/C23H39NO/c1-23(2,3)24-19-15-10-8-6-4-5-7-9-11-16-20-25-21-22-17-13-12-14-18-22/h12-14,17-19H,4-11,15-16,20-21H2,1-3H3. The fourth-order valence-electron chi connectivity index (χ4n) is 2.78. The largest absolute Gasteiger partial charge is 0.377 e. The van der Waals surface area contributed by atoms with Gasteiger partial charge < -0.3 is 4.74 Å². The maximum absolute atomic E-state index is 5.72. The molecule has 25 heavy (non-hydrogen) atoms. The molecule has 2 heteroatoms. The fourth-order valence-corrected chi connectivity index (χ4v) is 2.78. The number of hydrogen-bond donors (Lipinski definition) is 0. The molecule has 0 radical (unpaired) electrons. The SMILES string of the molecule is CC(C)(C)N=CCCCCCCCCCCCOCc1ccccc1. The third-order valence-electron chi connectivity index (χ3n) is 4.21. The van der Waals surface area contributed by atoms with E-state index in [2.05, 4.69) is 56.2 Å². The molecular formula is C23H39NO. The molecule has 1 aromatic carbocycles. The molecule has 0 aromatic heterocycles. The summed E-state index contributed by atoms with van der Waals surface area (Å²) < 4.78 is 5.72. The molecule has 1 aromatic rings. The monoisotopic (exact) mass is 345 g/mol. The first-order valence-corrected chi connectivity index (χ1v) is 10.2. The van der Waals surface area contributed by atoms with Gasteiger partial charge in [-0.15, -0.1) is 0 Å². The number of aliphatic imine (C=N–C) groups is 1. The number of ether oxygens (including phenoxy) is 1. The minimum atomic E-state index is 0.0899. The minimum absolute atomic E-state index is 0.0899. The lowest BCUT2D eigenvalue weighted by Crippen LogP contribution is -2.09. The summed E-state index contributed by atoms with van der Waals surface area (Å²) in [6, 6.07) is 10.4. The Morgan fingerprint density at radius 1 is 0.800 bits per heavy atom. The Hall–Kier alpha value is -1.15. The first-order valence-electron chi connectivity index (χ1n) is 10.2. The second-order valence-electron chi connectivity index (χ2n) is 7.99. The highest BCUT2D eigenvalue weighted by Gasteiger charge is 2.03. The number of benzene rings is 1. The molecule has 0 unspecified atom stereocenters. The summed E-state index contributed by atoms with van der Waals surface area (Å²) in [7, 11) is 0. The normalized spacial score (nSPS) is 12.1. The highest BCUT2D eigenvalue weighted by molar-refractivity contribution is 5.57. The summed E-state index contributed by atoms with van der Waals surface area (Å²) in [4.78, 5) is 4.53. The summed E-state index contributed by atoms with van der Waals surface area (Å²) in [6.45, 7) is 8.10. The summed E-state index contributed by atoms with van der Waals surface area (Å²) in [5, 5.41) is 0. The molecule has 142 valence electrons. The molecular weight excluding hydrogens is 306 g/mol. The van der Waals surface area contributed by atoms with Gasteiger partial charge in [0.15, 0.2) is 0 Å². The number of unbranched alkanes of at least 4 members (excludes halogenated alkanes) is 9. The van der Waals surface area contributed by atoms with E-state index in [4.69, 9.17) is 4.74 Å². The fraction of sp³-hybridized carbons (Fsp3) is 0.696. The van der Waals surface area contributed by atoms with Gasteiger partial charge in [0.05, 0.1) is 12.1 Å². The third kappa shape index (κ3) is 14.9. The van der Waals surface area contributed by atoms with E-state index in [9.17, 15) is 0 Å². The van der Waals surface area contributed by atoms with Crippen LogP contribution in [0, 0.1) is 0 Å². The van der Waals surface area contributed by atoms with E-state index in [1.807, 2.05) is 6.07 Å². The Bertz CT molecular complexity index is 433. The van der Waals surface area contributed by atoms with Gasteiger partial charge in [-0.3, -0.25) is 4.99 Å². The molecule has 0 aliphatic rings. The van der Waals surface area contributed by atoms with Crippen molar-refractivity contribution in [1.29, 1.82) is 0 Å². The molecule has 0 aliphatic carbocycles. The van der Waals surface area contributed by atoms with Crippen molar-refractivity contribution in [3.63, 3.8) is 0 Å². The van der Waals surface area contributed by atoms with Crippen LogP contribution in [0.25, 0.3) is 0 Å². The van der Waals surface area contributed by atoms with E-state index in [0.717, 1.165) is 19.6 Å². The highest BCUT2D eigenvalue weighted by atomic mass is 16.5. The van der Waals surface area contributed by atoms with E-state index < -0.39 is 0 Å². The van der Waals surface area contributed by atoms with Crippen molar-refractivity contribution in [2.24, 2.45) is 4.99 Å². The van der Waals surface area contributed by atoms with Crippen LogP contribution < -0.4 is 0 Å². The average molecular weight is 346 g/mol. The zero-order valence-electron chi connectivity index (χ0n) is 16.8. The van der Waals surface area contributed by atoms with Gasteiger partial charge >= 0.3 is 0 Å². The molecule has 0 bridgehead atoms. The second-order valence-corrected chi connectivity index (χ2v) is 7.99. The van der Waals surface area contributed by atoms with Crippen molar-refractivity contribution in [3.05, 3.63) is 35.9 Å². The lowest BCUT2D eigenvalue weighted by atomic mass is 10.1. The van der Waals surface area contributed by atoms with E-state index in [-0.39, 0.29) is 5.54 Å². The van der Waals surface area contributed by atoms with Crippen molar-refractivity contribution in [2.45, 2.75) is 97.1 Å². The van der Waals surface area contributed by atoms with Gasteiger partial charge in [0.1, 0.15) is 0 Å². The topological polar surface area (TPSA) is 21.6 Å². The van der Waals surface area contributed by atoms with Gasteiger partial charge in [-0.2, -0.15) is 0 Å². The van der Waals surface area contributed by atoms with E-state index in [1.165, 1.54) is 63.4 Å². The summed E-state index contributed by atoms with van der Waals surface area (Å²) in [5.74, 6) is 0. The molecule has 0 fully saturated rings. The molecule has 2 nitrogen and oxygen atoms in total. The van der Waals surface area contributed by atoms with Crippen molar-refractivity contribution in [1.82, 2.24) is 0 Å². The van der Waals surface area contributed by atoms with Crippen LogP contribution >= 0.6 is 0 Å². The molecule has 0 aliphatic heterocycles. The van der Waals surface area contributed by atoms with Crippen LogP contribution in [0.5, 0.6) is 0 Å². The van der Waals surface area contributed by atoms with Gasteiger partial charge in [0, 0.05) is 6.61 Å². The summed E-state index contributed by atoms with van der Waals surface area (Å²) in [6.07, 6.45) is 15.3. The van der Waals surface area contributed by atoms with Crippen LogP contribution in [0.4, 0.5) is 0 Å². The Labute approximate surface area is 156 Å². The summed E-state index contributed by atoms with van der Waals surface area (Å²) >= 11 is 0. The molecule has 0 N–H and O–H groups in total. The van der Waals surface area contributed by atoms with Crippen molar-refractivity contribution in [3.8, 4) is 0 Å². The van der Waals surface area contributed by atoms with Crippen LogP contribution in [0.15, 0.2) is 35.3 Å². The predicted octanol–water partition coefficient (Wildman–Crippen LogP) is 6.97. The van der Waals surface area contributed by atoms with Gasteiger partial charge in [-0.05, 0) is 51.8 Å². The van der Waals surface area contributed by atoms with E-state index in [0.29, 0.717) is 0 Å². The van der Waals surface area contributed by atoms with Crippen molar-refractivity contribution in [2.75, 3.05) is 6.61 Å². The number of rotatable bonds is 14. The zero-order valence-corrected chi connectivity index (χ0v) is 16.8. The average Bonchev–Trinajstić information content (AvgIpc) is 2.58. The Morgan fingerprint density at radius 3 is 1.96 bits per heavy atom. The maximum Gasteiger partial charge on any atom is 0.0716 e. The summed E-state index contributed by atoms with van der Waals surface area (Å²) in [5.41, 5.74) is 1.36. The van der Waals surface area contributed by atoms with Crippen LogP contribution in [0.2, 0.25) is 0 Å². The third-order valence-corrected chi connectivity index (χ3v) is 4.21. The molecule has 0 saturated heterocycles.